The van der Waals surface area contributed by atoms with Crippen molar-refractivity contribution in [3.8, 4) is 11.5 Å². The average Bonchev–Trinajstić information content (AvgIpc) is 2.38. The van der Waals surface area contributed by atoms with Gasteiger partial charge < -0.3 is 14.7 Å². The van der Waals surface area contributed by atoms with Crippen LogP contribution in [0, 0.1) is 0 Å². The van der Waals surface area contributed by atoms with Gasteiger partial charge in [0.1, 0.15) is 11.5 Å². The molecule has 0 spiro atoms. The fourth-order valence-corrected chi connectivity index (χ4v) is 2.36. The highest BCUT2D eigenvalue weighted by atomic mass is 19.3. The van der Waals surface area contributed by atoms with E-state index in [9.17, 15) is 18.7 Å². The van der Waals surface area contributed by atoms with E-state index < -0.39 is 12.5 Å². The lowest BCUT2D eigenvalue weighted by Crippen LogP contribution is -2.46. The minimum absolute atomic E-state index is 0.0116. The second-order valence-electron chi connectivity index (χ2n) is 4.95. The Morgan fingerprint density at radius 1 is 1.50 bits per heavy atom. The van der Waals surface area contributed by atoms with Gasteiger partial charge >= 0.3 is 0 Å². The number of phenolic OH excluding ortho intramolecular Hbond substituents is 1. The molecule has 1 fully saturated rings. The van der Waals surface area contributed by atoms with E-state index in [1.165, 1.54) is 24.1 Å². The number of halogens is 2. The van der Waals surface area contributed by atoms with Crippen LogP contribution in [-0.4, -0.2) is 42.0 Å². The number of aromatic hydroxyl groups is 1. The number of carbonyl (C=O) groups excluding carboxylic acids is 1. The fraction of sp³-hybridized carbons (Fsp3) is 0.500. The molecule has 1 aromatic carbocycles. The lowest BCUT2D eigenvalue weighted by Gasteiger charge is -2.32. The van der Waals surface area contributed by atoms with Gasteiger partial charge in [0.15, 0.2) is 0 Å². The van der Waals surface area contributed by atoms with Gasteiger partial charge in [0.2, 0.25) is 5.91 Å². The molecule has 110 valence electrons. The van der Waals surface area contributed by atoms with Crippen LogP contribution in [0.5, 0.6) is 11.5 Å². The molecule has 0 aromatic heterocycles. The van der Waals surface area contributed by atoms with Gasteiger partial charge in [-0.1, -0.05) is 0 Å². The summed E-state index contributed by atoms with van der Waals surface area (Å²) in [6, 6.07) is 4.41. The molecule has 1 aromatic rings. The minimum atomic E-state index is -2.81. The quantitative estimate of drug-likeness (QED) is 0.926. The van der Waals surface area contributed by atoms with Crippen molar-refractivity contribution in [1.82, 2.24) is 4.90 Å². The molecule has 0 aliphatic carbocycles. The van der Waals surface area contributed by atoms with E-state index in [0.717, 1.165) is 0 Å². The fourth-order valence-electron chi connectivity index (χ4n) is 2.36. The number of carbonyl (C=O) groups is 1. The van der Waals surface area contributed by atoms with Gasteiger partial charge in [-0.2, -0.15) is 0 Å². The van der Waals surface area contributed by atoms with Crippen LogP contribution in [0.4, 0.5) is 8.78 Å². The summed E-state index contributed by atoms with van der Waals surface area (Å²) in [6.07, 6.45) is 0.0653. The molecule has 0 unspecified atom stereocenters. The standard InChI is InChI=1S/C14H17F2NO3/c1-20-12-4-3-11(18)7-10(12)8-13(19)17-6-2-5-14(15,16)9-17/h3-4,7,18H,2,5-6,8-9H2,1H3. The highest BCUT2D eigenvalue weighted by Crippen LogP contribution is 2.28. The van der Waals surface area contributed by atoms with Crippen molar-refractivity contribution >= 4 is 5.91 Å². The van der Waals surface area contributed by atoms with E-state index in [2.05, 4.69) is 0 Å². The molecule has 1 heterocycles. The largest absolute Gasteiger partial charge is 0.508 e. The van der Waals surface area contributed by atoms with E-state index in [0.29, 0.717) is 24.3 Å². The Morgan fingerprint density at radius 2 is 2.25 bits per heavy atom. The van der Waals surface area contributed by atoms with Crippen LogP contribution in [0.1, 0.15) is 18.4 Å². The Labute approximate surface area is 116 Å². The number of phenols is 1. The second-order valence-corrected chi connectivity index (χ2v) is 4.95. The molecule has 0 atom stereocenters. The molecule has 0 saturated carbocycles. The SMILES string of the molecule is COc1ccc(O)cc1CC(=O)N1CCCC(F)(F)C1. The maximum absolute atomic E-state index is 13.3. The molecule has 4 nitrogen and oxygen atoms in total. The molecule has 1 amide bonds. The summed E-state index contributed by atoms with van der Waals surface area (Å²) in [6.45, 7) is -0.192. The zero-order valence-electron chi connectivity index (χ0n) is 11.2. The number of rotatable bonds is 3. The van der Waals surface area contributed by atoms with Crippen molar-refractivity contribution in [1.29, 1.82) is 0 Å². The maximum atomic E-state index is 13.3. The smallest absolute Gasteiger partial charge is 0.265 e. The number of nitrogens with zero attached hydrogens (tertiary/aromatic N) is 1. The van der Waals surface area contributed by atoms with Gasteiger partial charge in [0.25, 0.3) is 5.92 Å². The monoisotopic (exact) mass is 285 g/mol. The van der Waals surface area contributed by atoms with Crippen LogP contribution >= 0.6 is 0 Å². The molecular weight excluding hydrogens is 268 g/mol. The normalized spacial score (nSPS) is 17.9. The second kappa shape index (κ2) is 5.64. The molecular formula is C14H17F2NO3. The lowest BCUT2D eigenvalue weighted by molar-refractivity contribution is -0.140. The van der Waals surface area contributed by atoms with Crippen molar-refractivity contribution in [2.45, 2.75) is 25.2 Å². The van der Waals surface area contributed by atoms with Gasteiger partial charge in [-0.25, -0.2) is 8.78 Å². The van der Waals surface area contributed by atoms with Crippen LogP contribution in [0.2, 0.25) is 0 Å². The maximum Gasteiger partial charge on any atom is 0.265 e. The van der Waals surface area contributed by atoms with Gasteiger partial charge in [0, 0.05) is 18.5 Å². The minimum Gasteiger partial charge on any atom is -0.508 e. The van der Waals surface area contributed by atoms with E-state index >= 15 is 0 Å². The number of ether oxygens (including phenoxy) is 1. The molecule has 0 bridgehead atoms. The number of amides is 1. The third kappa shape index (κ3) is 3.37. The number of methoxy groups -OCH3 is 1. The van der Waals surface area contributed by atoms with Crippen LogP contribution in [0.3, 0.4) is 0 Å². The zero-order chi connectivity index (χ0) is 14.8. The number of hydrogen-bond donors (Lipinski definition) is 1. The third-order valence-electron chi connectivity index (χ3n) is 3.35. The number of benzene rings is 1. The topological polar surface area (TPSA) is 49.8 Å². The predicted octanol–water partition coefficient (Wildman–Crippen LogP) is 2.20. The first-order valence-electron chi connectivity index (χ1n) is 6.43. The van der Waals surface area contributed by atoms with Gasteiger partial charge in [-0.05, 0) is 24.6 Å². The molecule has 2 rings (SSSR count). The number of likely N-dealkylation sites (tertiary alicyclic amines) is 1. The molecule has 1 saturated heterocycles. The summed E-state index contributed by atoms with van der Waals surface area (Å²) in [4.78, 5) is 13.3. The summed E-state index contributed by atoms with van der Waals surface area (Å²) in [7, 11) is 1.45. The average molecular weight is 285 g/mol. The van der Waals surface area contributed by atoms with E-state index in [1.54, 1.807) is 6.07 Å². The summed E-state index contributed by atoms with van der Waals surface area (Å²) < 4.78 is 31.7. The van der Waals surface area contributed by atoms with E-state index in [4.69, 9.17) is 4.74 Å². The van der Waals surface area contributed by atoms with Gasteiger partial charge in [-0.15, -0.1) is 0 Å². The summed E-state index contributed by atoms with van der Waals surface area (Å²) in [5.41, 5.74) is 0.492. The molecule has 0 radical (unpaired) electrons. The predicted molar refractivity (Wildman–Crippen MR) is 69.1 cm³/mol. The van der Waals surface area contributed by atoms with Crippen molar-refractivity contribution in [2.24, 2.45) is 0 Å². The van der Waals surface area contributed by atoms with E-state index in [1.807, 2.05) is 0 Å². The number of piperidine rings is 1. The highest BCUT2D eigenvalue weighted by Gasteiger charge is 2.37. The Balaban J connectivity index is 2.09. The first-order chi connectivity index (χ1) is 9.41. The first-order valence-corrected chi connectivity index (χ1v) is 6.43. The molecule has 20 heavy (non-hydrogen) atoms. The Hall–Kier alpha value is -1.85. The van der Waals surface area contributed by atoms with E-state index in [-0.39, 0.29) is 24.5 Å². The summed E-state index contributed by atoms with van der Waals surface area (Å²) in [5, 5.41) is 9.44. The van der Waals surface area contributed by atoms with Crippen LogP contribution < -0.4 is 4.74 Å². The number of hydrogen-bond acceptors (Lipinski definition) is 3. The first kappa shape index (κ1) is 14.6. The zero-order valence-corrected chi connectivity index (χ0v) is 11.2. The molecule has 6 heteroatoms. The Morgan fingerprint density at radius 3 is 2.90 bits per heavy atom. The van der Waals surface area contributed by atoms with Crippen molar-refractivity contribution < 1.29 is 23.4 Å². The highest BCUT2D eigenvalue weighted by molar-refractivity contribution is 5.80. The molecule has 1 aliphatic rings. The Bertz CT molecular complexity index is 505. The molecule has 1 N–H and O–H groups in total. The van der Waals surface area contributed by atoms with Crippen molar-refractivity contribution in [2.75, 3.05) is 20.2 Å². The van der Waals surface area contributed by atoms with Crippen molar-refractivity contribution in [3.63, 3.8) is 0 Å². The molecule has 1 aliphatic heterocycles. The van der Waals surface area contributed by atoms with Gasteiger partial charge in [-0.3, -0.25) is 4.79 Å². The number of alkyl halides is 2. The summed E-state index contributed by atoms with van der Waals surface area (Å²) >= 11 is 0. The van der Waals surface area contributed by atoms with Crippen LogP contribution in [0.25, 0.3) is 0 Å². The lowest BCUT2D eigenvalue weighted by atomic mass is 10.0. The van der Waals surface area contributed by atoms with Crippen molar-refractivity contribution in [3.05, 3.63) is 23.8 Å². The van der Waals surface area contributed by atoms with Crippen LogP contribution in [-0.2, 0) is 11.2 Å². The summed E-state index contributed by atoms with van der Waals surface area (Å²) in [5.74, 6) is -2.72. The third-order valence-corrected chi connectivity index (χ3v) is 3.35. The van der Waals surface area contributed by atoms with Crippen LogP contribution in [0.15, 0.2) is 18.2 Å². The van der Waals surface area contributed by atoms with Gasteiger partial charge in [0.05, 0.1) is 20.1 Å². The Kier molecular flexibility index (Phi) is 4.11.